The lowest BCUT2D eigenvalue weighted by Crippen LogP contribution is -2.27. The van der Waals surface area contributed by atoms with E-state index in [1.165, 1.54) is 17.7 Å². The molecule has 2 N–H and O–H groups in total. The quantitative estimate of drug-likeness (QED) is 0.251. The minimum absolute atomic E-state index is 0.0675. The van der Waals surface area contributed by atoms with Gasteiger partial charge in [0.15, 0.2) is 17.2 Å². The zero-order valence-corrected chi connectivity index (χ0v) is 20.4. The van der Waals surface area contributed by atoms with E-state index < -0.39 is 17.3 Å². The average Bonchev–Trinajstić information content (AvgIpc) is 3.60. The number of rotatable bonds is 4. The molecule has 0 unspecified atom stereocenters. The number of aromatic nitrogens is 9. The molecule has 0 saturated heterocycles. The Morgan fingerprint density at radius 2 is 1.95 bits per heavy atom. The van der Waals surface area contributed by atoms with Gasteiger partial charge in [0, 0.05) is 37.3 Å². The Labute approximate surface area is 215 Å². The number of hydrogen-bond acceptors (Lipinski definition) is 9. The van der Waals surface area contributed by atoms with Crippen LogP contribution in [0.2, 0.25) is 5.02 Å². The van der Waals surface area contributed by atoms with Crippen LogP contribution in [-0.2, 0) is 14.1 Å². The second kappa shape index (κ2) is 8.41. The standard InChI is InChI=1S/C23H16ClN9O5/c1-30-6-5-11-7-12(3-4-15(11)30)33-19(26-28-22(33)36)13-8-14(24)16(34)9-17(13)38-21(35)18-20-27-29-31(2)23(37)32(20)10-25-18/h3-10,34H,1-2H3,(H,28,36). The predicted octanol–water partition coefficient (Wildman–Crippen LogP) is 1.43. The highest BCUT2D eigenvalue weighted by atomic mass is 35.5. The first-order chi connectivity index (χ1) is 18.2. The van der Waals surface area contributed by atoms with Crippen LogP contribution in [0.15, 0.2) is 58.5 Å². The van der Waals surface area contributed by atoms with Crippen molar-refractivity contribution in [2.24, 2.45) is 14.1 Å². The average molecular weight is 534 g/mol. The number of ether oxygens (including phenoxy) is 1. The molecule has 0 amide bonds. The van der Waals surface area contributed by atoms with Gasteiger partial charge in [-0.05, 0) is 30.3 Å². The summed E-state index contributed by atoms with van der Waals surface area (Å²) < 4.78 is 10.8. The van der Waals surface area contributed by atoms with Crippen LogP contribution < -0.4 is 16.1 Å². The van der Waals surface area contributed by atoms with Gasteiger partial charge in [-0.15, -0.1) is 5.10 Å². The molecule has 0 aliphatic rings. The van der Waals surface area contributed by atoms with Gasteiger partial charge in [-0.3, -0.25) is 0 Å². The summed E-state index contributed by atoms with van der Waals surface area (Å²) in [7, 11) is 3.30. The molecule has 2 aromatic carbocycles. The van der Waals surface area contributed by atoms with Gasteiger partial charge in [-0.25, -0.2) is 33.4 Å². The number of H-pyrrole nitrogens is 1. The van der Waals surface area contributed by atoms with E-state index in [1.54, 1.807) is 12.1 Å². The van der Waals surface area contributed by atoms with Crippen LogP contribution in [0, 0.1) is 0 Å². The normalized spacial score (nSPS) is 11.4. The van der Waals surface area contributed by atoms with E-state index >= 15 is 0 Å². The molecule has 0 radical (unpaired) electrons. The fourth-order valence-electron chi connectivity index (χ4n) is 4.10. The summed E-state index contributed by atoms with van der Waals surface area (Å²) in [6, 6.07) is 9.73. The zero-order valence-electron chi connectivity index (χ0n) is 19.7. The van der Waals surface area contributed by atoms with Crippen molar-refractivity contribution in [2.45, 2.75) is 0 Å². The number of aromatic amines is 1. The summed E-state index contributed by atoms with van der Waals surface area (Å²) >= 11 is 6.18. The number of nitrogens with one attached hydrogen (secondary N) is 1. The maximum Gasteiger partial charge on any atom is 0.366 e. The molecule has 0 fully saturated rings. The van der Waals surface area contributed by atoms with Crippen LogP contribution in [0.3, 0.4) is 0 Å². The van der Waals surface area contributed by atoms with Crippen LogP contribution in [-0.4, -0.2) is 54.8 Å². The number of carbonyl (C=O) groups excluding carboxylic acids is 1. The molecule has 4 heterocycles. The van der Waals surface area contributed by atoms with Crippen LogP contribution in [0.25, 0.3) is 33.6 Å². The fraction of sp³-hybridized carbons (Fsp3) is 0.0870. The summed E-state index contributed by atoms with van der Waals surface area (Å²) in [5.74, 6) is -1.47. The van der Waals surface area contributed by atoms with E-state index in [4.69, 9.17) is 16.3 Å². The summed E-state index contributed by atoms with van der Waals surface area (Å²) in [6.45, 7) is 0. The van der Waals surface area contributed by atoms with Gasteiger partial charge in [0.1, 0.15) is 17.8 Å². The second-order valence-electron chi connectivity index (χ2n) is 8.33. The fourth-order valence-corrected chi connectivity index (χ4v) is 4.26. The van der Waals surface area contributed by atoms with Gasteiger partial charge >= 0.3 is 17.3 Å². The van der Waals surface area contributed by atoms with Crippen molar-refractivity contribution in [1.82, 2.24) is 43.7 Å². The van der Waals surface area contributed by atoms with Crippen LogP contribution in [0.4, 0.5) is 0 Å². The van der Waals surface area contributed by atoms with Gasteiger partial charge in [-0.1, -0.05) is 16.8 Å². The highest BCUT2D eigenvalue weighted by molar-refractivity contribution is 6.32. The summed E-state index contributed by atoms with van der Waals surface area (Å²) in [5, 5.41) is 25.1. The number of aromatic hydroxyl groups is 1. The summed E-state index contributed by atoms with van der Waals surface area (Å²) in [4.78, 5) is 42.1. The highest BCUT2D eigenvalue weighted by Gasteiger charge is 2.24. The SMILES string of the molecule is Cn1nnc2c(C(=O)Oc3cc(O)c(Cl)cc3-c3n[nH]c(=O)n3-c3ccc4c(ccn4C)c3)ncn2c1=O. The topological polar surface area (TPSA) is 167 Å². The van der Waals surface area contributed by atoms with E-state index in [0.29, 0.717) is 5.69 Å². The number of aryl methyl sites for hydroxylation is 2. The van der Waals surface area contributed by atoms with Crippen molar-refractivity contribution in [3.63, 3.8) is 0 Å². The molecule has 0 aliphatic carbocycles. The van der Waals surface area contributed by atoms with Crippen molar-refractivity contribution in [3.05, 3.63) is 80.6 Å². The predicted molar refractivity (Wildman–Crippen MR) is 134 cm³/mol. The number of imidazole rings is 1. The third kappa shape index (κ3) is 3.54. The minimum atomic E-state index is -0.992. The number of nitrogens with zero attached hydrogens (tertiary/aromatic N) is 8. The van der Waals surface area contributed by atoms with Crippen LogP contribution >= 0.6 is 11.6 Å². The lowest BCUT2D eigenvalue weighted by molar-refractivity contribution is 0.0731. The van der Waals surface area contributed by atoms with Crippen molar-refractivity contribution < 1.29 is 14.6 Å². The molecular formula is C23H16ClN9O5. The molecular weight excluding hydrogens is 518 g/mol. The molecule has 0 spiro atoms. The Balaban J connectivity index is 1.47. The molecule has 0 atom stereocenters. The Kier molecular flexibility index (Phi) is 5.13. The third-order valence-electron chi connectivity index (χ3n) is 5.98. The number of hydrogen-bond donors (Lipinski definition) is 2. The van der Waals surface area contributed by atoms with Gasteiger partial charge in [0.2, 0.25) is 0 Å². The molecule has 6 rings (SSSR count). The molecule has 0 saturated carbocycles. The number of halogens is 1. The Morgan fingerprint density at radius 3 is 2.76 bits per heavy atom. The molecule has 4 aromatic heterocycles. The lowest BCUT2D eigenvalue weighted by atomic mass is 10.1. The van der Waals surface area contributed by atoms with Gasteiger partial charge in [0.05, 0.1) is 16.3 Å². The summed E-state index contributed by atoms with van der Waals surface area (Å²) in [6.07, 6.45) is 3.01. The Morgan fingerprint density at radius 1 is 1.13 bits per heavy atom. The van der Waals surface area contributed by atoms with E-state index in [1.807, 2.05) is 29.9 Å². The smallest absolute Gasteiger partial charge is 0.366 e. The van der Waals surface area contributed by atoms with Gasteiger partial charge < -0.3 is 14.4 Å². The first kappa shape index (κ1) is 23.2. The van der Waals surface area contributed by atoms with Crippen LogP contribution in [0.5, 0.6) is 11.5 Å². The molecule has 14 nitrogen and oxygen atoms in total. The van der Waals surface area contributed by atoms with Crippen molar-refractivity contribution in [3.8, 4) is 28.6 Å². The zero-order chi connectivity index (χ0) is 26.7. The van der Waals surface area contributed by atoms with E-state index in [9.17, 15) is 19.5 Å². The summed E-state index contributed by atoms with van der Waals surface area (Å²) in [5.41, 5.74) is 0.0446. The maximum atomic E-state index is 13.1. The number of phenolic OH excluding ortho intramolecular Hbond substituents is 1. The molecule has 6 aromatic rings. The van der Waals surface area contributed by atoms with E-state index in [0.717, 1.165) is 32.4 Å². The largest absolute Gasteiger partial charge is 0.506 e. The van der Waals surface area contributed by atoms with Gasteiger partial charge in [0.25, 0.3) is 0 Å². The lowest BCUT2D eigenvalue weighted by Gasteiger charge is -2.12. The van der Waals surface area contributed by atoms with Gasteiger partial charge in [-0.2, -0.15) is 9.78 Å². The number of phenols is 1. The Bertz CT molecular complexity index is 2030. The van der Waals surface area contributed by atoms with E-state index in [2.05, 4.69) is 25.5 Å². The van der Waals surface area contributed by atoms with Crippen molar-refractivity contribution in [1.29, 1.82) is 0 Å². The van der Waals surface area contributed by atoms with Crippen LogP contribution in [0.1, 0.15) is 10.5 Å². The highest BCUT2D eigenvalue weighted by Crippen LogP contribution is 2.38. The Hall–Kier alpha value is -5.24. The number of esters is 1. The molecule has 190 valence electrons. The van der Waals surface area contributed by atoms with Crippen molar-refractivity contribution in [2.75, 3.05) is 0 Å². The van der Waals surface area contributed by atoms with Crippen molar-refractivity contribution >= 4 is 34.1 Å². The molecule has 15 heteroatoms. The molecule has 0 aliphatic heterocycles. The third-order valence-corrected chi connectivity index (χ3v) is 6.29. The molecule has 38 heavy (non-hydrogen) atoms. The monoisotopic (exact) mass is 533 g/mol. The number of carbonyl (C=O) groups is 1. The number of fused-ring (bicyclic) bond motifs is 2. The first-order valence-electron chi connectivity index (χ1n) is 11.0. The minimum Gasteiger partial charge on any atom is -0.506 e. The van der Waals surface area contributed by atoms with E-state index in [-0.39, 0.29) is 39.3 Å². The molecule has 0 bridgehead atoms. The maximum absolute atomic E-state index is 13.1. The first-order valence-corrected chi connectivity index (χ1v) is 11.4. The second-order valence-corrected chi connectivity index (χ2v) is 8.74. The number of benzene rings is 2.